The molecule has 0 aliphatic rings. The molecule has 30 heavy (non-hydrogen) atoms. The van der Waals surface area contributed by atoms with Crippen molar-refractivity contribution >= 4 is 5.95 Å². The molecule has 0 unspecified atom stereocenters. The minimum Gasteiger partial charge on any atom is -0.490 e. The van der Waals surface area contributed by atoms with Crippen LogP contribution >= 0.6 is 0 Å². The second-order valence-electron chi connectivity index (χ2n) is 7.15. The number of anilines is 1. The Kier molecular flexibility index (Phi) is 6.96. The van der Waals surface area contributed by atoms with Crippen LogP contribution in [0.2, 0.25) is 0 Å². The average Bonchev–Trinajstić information content (AvgIpc) is 3.21. The van der Waals surface area contributed by atoms with E-state index in [-0.39, 0.29) is 13.2 Å². The molecule has 0 saturated carbocycles. The molecule has 2 aromatic heterocycles. The van der Waals surface area contributed by atoms with E-state index in [1.807, 2.05) is 32.9 Å². The minimum absolute atomic E-state index is 0.0192. The first-order chi connectivity index (χ1) is 14.4. The molecule has 0 bridgehead atoms. The van der Waals surface area contributed by atoms with Crippen molar-refractivity contribution in [1.29, 1.82) is 0 Å². The molecule has 0 aliphatic heterocycles. The van der Waals surface area contributed by atoms with E-state index in [9.17, 15) is 5.11 Å². The summed E-state index contributed by atoms with van der Waals surface area (Å²) < 4.78 is 11.1. The number of rotatable bonds is 9. The summed E-state index contributed by atoms with van der Waals surface area (Å²) in [6.45, 7) is 8.21. The quantitative estimate of drug-likeness (QED) is 0.485. The number of benzene rings is 1. The standard InChI is InChI=1S/C21H27N5O4/c1-5-6-22-21-23-14(4)9-17(24-21)20-25-19(26-30-20)15-7-12(2)18(13(3)8-15)29-11-16(28)10-27/h7-9,16,27-28H,5-6,10-11H2,1-4H3,(H,22,23,24)/t16-/m1/s1. The summed E-state index contributed by atoms with van der Waals surface area (Å²) >= 11 is 0. The predicted molar refractivity (Wildman–Crippen MR) is 112 cm³/mol. The van der Waals surface area contributed by atoms with Gasteiger partial charge in [0.15, 0.2) is 0 Å². The topological polar surface area (TPSA) is 126 Å². The molecule has 3 N–H and O–H groups in total. The molecule has 0 saturated heterocycles. The number of aromatic nitrogens is 4. The lowest BCUT2D eigenvalue weighted by molar-refractivity contribution is 0.0532. The van der Waals surface area contributed by atoms with E-state index in [2.05, 4.69) is 32.3 Å². The van der Waals surface area contributed by atoms with Crippen LogP contribution in [0, 0.1) is 20.8 Å². The van der Waals surface area contributed by atoms with E-state index in [4.69, 9.17) is 14.4 Å². The molecule has 0 spiro atoms. The van der Waals surface area contributed by atoms with Gasteiger partial charge in [-0.1, -0.05) is 12.1 Å². The zero-order valence-corrected chi connectivity index (χ0v) is 17.6. The lowest BCUT2D eigenvalue weighted by Crippen LogP contribution is -2.21. The fourth-order valence-electron chi connectivity index (χ4n) is 2.98. The molecular formula is C21H27N5O4. The number of aliphatic hydroxyl groups is 2. The average molecular weight is 413 g/mol. The van der Waals surface area contributed by atoms with Crippen molar-refractivity contribution in [3.8, 4) is 28.7 Å². The van der Waals surface area contributed by atoms with Crippen molar-refractivity contribution in [1.82, 2.24) is 20.1 Å². The Morgan fingerprint density at radius 2 is 1.83 bits per heavy atom. The molecule has 0 radical (unpaired) electrons. The van der Waals surface area contributed by atoms with Crippen LogP contribution in [0.3, 0.4) is 0 Å². The van der Waals surface area contributed by atoms with E-state index in [0.29, 0.717) is 29.1 Å². The molecule has 3 aromatic rings. The van der Waals surface area contributed by atoms with E-state index >= 15 is 0 Å². The molecule has 3 rings (SSSR count). The van der Waals surface area contributed by atoms with Gasteiger partial charge < -0.3 is 24.8 Å². The van der Waals surface area contributed by atoms with Gasteiger partial charge in [-0.05, 0) is 56.5 Å². The SMILES string of the molecule is CCCNc1nc(C)cc(-c2nc(-c3cc(C)c(OC[C@H](O)CO)c(C)c3)no2)n1. The predicted octanol–water partition coefficient (Wildman–Crippen LogP) is 2.67. The Morgan fingerprint density at radius 1 is 1.10 bits per heavy atom. The number of ether oxygens (including phenoxy) is 1. The van der Waals surface area contributed by atoms with Crippen molar-refractivity contribution in [3.63, 3.8) is 0 Å². The van der Waals surface area contributed by atoms with Gasteiger partial charge >= 0.3 is 0 Å². The largest absolute Gasteiger partial charge is 0.490 e. The maximum atomic E-state index is 9.51. The molecule has 1 atom stereocenters. The normalized spacial score (nSPS) is 12.1. The first-order valence-corrected chi connectivity index (χ1v) is 9.88. The van der Waals surface area contributed by atoms with Crippen molar-refractivity contribution in [2.24, 2.45) is 0 Å². The van der Waals surface area contributed by atoms with Crippen molar-refractivity contribution < 1.29 is 19.5 Å². The van der Waals surface area contributed by atoms with Gasteiger partial charge in [0.05, 0.1) is 6.61 Å². The highest BCUT2D eigenvalue weighted by Crippen LogP contribution is 2.30. The molecule has 0 aliphatic carbocycles. The van der Waals surface area contributed by atoms with Crippen LogP contribution < -0.4 is 10.1 Å². The lowest BCUT2D eigenvalue weighted by Gasteiger charge is -2.15. The van der Waals surface area contributed by atoms with E-state index < -0.39 is 6.10 Å². The van der Waals surface area contributed by atoms with E-state index in [0.717, 1.165) is 35.3 Å². The molecule has 160 valence electrons. The lowest BCUT2D eigenvalue weighted by atomic mass is 10.1. The zero-order chi connectivity index (χ0) is 21.7. The van der Waals surface area contributed by atoms with Gasteiger partial charge in [0.2, 0.25) is 11.8 Å². The third-order valence-corrected chi connectivity index (χ3v) is 4.38. The number of nitrogens with one attached hydrogen (secondary N) is 1. The maximum absolute atomic E-state index is 9.51. The van der Waals surface area contributed by atoms with Gasteiger partial charge in [-0.25, -0.2) is 9.97 Å². The maximum Gasteiger partial charge on any atom is 0.277 e. The van der Waals surface area contributed by atoms with Crippen molar-refractivity contribution in [2.45, 2.75) is 40.2 Å². The van der Waals surface area contributed by atoms with Crippen LogP contribution in [0.1, 0.15) is 30.2 Å². The number of aliphatic hydroxyl groups excluding tert-OH is 2. The molecule has 0 fully saturated rings. The van der Waals surface area contributed by atoms with Crippen molar-refractivity contribution in [3.05, 3.63) is 35.0 Å². The van der Waals surface area contributed by atoms with Gasteiger partial charge in [0.25, 0.3) is 5.89 Å². The molecule has 0 amide bonds. The summed E-state index contributed by atoms with van der Waals surface area (Å²) in [4.78, 5) is 13.3. The second kappa shape index (κ2) is 9.64. The van der Waals surface area contributed by atoms with Crippen LogP contribution in [0.25, 0.3) is 23.0 Å². The Morgan fingerprint density at radius 3 is 2.50 bits per heavy atom. The highest BCUT2D eigenvalue weighted by molar-refractivity contribution is 5.63. The fraction of sp³-hybridized carbons (Fsp3) is 0.429. The molecule has 2 heterocycles. The van der Waals surface area contributed by atoms with Crippen LogP contribution in [-0.4, -0.2) is 56.2 Å². The van der Waals surface area contributed by atoms with Crippen LogP contribution in [0.4, 0.5) is 5.95 Å². The summed E-state index contributed by atoms with van der Waals surface area (Å²) in [7, 11) is 0. The van der Waals surface area contributed by atoms with E-state index in [1.54, 1.807) is 6.07 Å². The van der Waals surface area contributed by atoms with Gasteiger partial charge in [-0.2, -0.15) is 4.98 Å². The highest BCUT2D eigenvalue weighted by atomic mass is 16.5. The molecule has 9 nitrogen and oxygen atoms in total. The summed E-state index contributed by atoms with van der Waals surface area (Å²) in [5.41, 5.74) is 3.88. The van der Waals surface area contributed by atoms with Crippen LogP contribution in [-0.2, 0) is 0 Å². The van der Waals surface area contributed by atoms with Crippen molar-refractivity contribution in [2.75, 3.05) is 25.1 Å². The minimum atomic E-state index is -0.920. The Labute approximate surface area is 175 Å². The summed E-state index contributed by atoms with van der Waals surface area (Å²) in [5, 5.41) is 25.7. The van der Waals surface area contributed by atoms with Gasteiger partial charge in [0.1, 0.15) is 24.2 Å². The fourth-order valence-corrected chi connectivity index (χ4v) is 2.98. The van der Waals surface area contributed by atoms with Gasteiger partial charge in [0, 0.05) is 17.8 Å². The zero-order valence-electron chi connectivity index (χ0n) is 17.6. The Balaban J connectivity index is 1.85. The molecule has 1 aromatic carbocycles. The van der Waals surface area contributed by atoms with E-state index in [1.165, 1.54) is 0 Å². The second-order valence-corrected chi connectivity index (χ2v) is 7.15. The number of nitrogens with zero attached hydrogens (tertiary/aromatic N) is 4. The van der Waals surface area contributed by atoms with Crippen LogP contribution in [0.15, 0.2) is 22.7 Å². The summed E-state index contributed by atoms with van der Waals surface area (Å²) in [6, 6.07) is 5.58. The van der Waals surface area contributed by atoms with Gasteiger partial charge in [-0.3, -0.25) is 0 Å². The Hall–Kier alpha value is -3.04. The summed E-state index contributed by atoms with van der Waals surface area (Å²) in [6.07, 6.45) is 0.0469. The highest BCUT2D eigenvalue weighted by Gasteiger charge is 2.16. The first-order valence-electron chi connectivity index (χ1n) is 9.88. The molecule has 9 heteroatoms. The monoisotopic (exact) mass is 413 g/mol. The first kappa shape index (κ1) is 21.7. The number of hydrogen-bond donors (Lipinski definition) is 3. The Bertz CT molecular complexity index is 982. The third-order valence-electron chi connectivity index (χ3n) is 4.38. The van der Waals surface area contributed by atoms with Crippen LogP contribution in [0.5, 0.6) is 5.75 Å². The number of aryl methyl sites for hydroxylation is 3. The molecular weight excluding hydrogens is 386 g/mol. The smallest absolute Gasteiger partial charge is 0.277 e. The number of hydrogen-bond acceptors (Lipinski definition) is 9. The third kappa shape index (κ3) is 5.11. The summed E-state index contributed by atoms with van der Waals surface area (Å²) in [5.74, 6) is 1.95. The van der Waals surface area contributed by atoms with Gasteiger partial charge in [-0.15, -0.1) is 0 Å².